The maximum atomic E-state index is 11.9. The van der Waals surface area contributed by atoms with E-state index in [0.717, 1.165) is 25.7 Å². The highest BCUT2D eigenvalue weighted by Crippen LogP contribution is 2.04. The number of nitrogens with one attached hydrogen (secondary N) is 5. The van der Waals surface area contributed by atoms with Gasteiger partial charge in [0.15, 0.2) is 0 Å². The summed E-state index contributed by atoms with van der Waals surface area (Å²) in [6.45, 7) is 8.04. The summed E-state index contributed by atoms with van der Waals surface area (Å²) in [5.41, 5.74) is 0. The van der Waals surface area contributed by atoms with E-state index in [1.54, 1.807) is 0 Å². The number of unbranched alkanes of at least 4 members (excludes halogenated alkanes) is 5. The molecule has 268 valence electrons. The van der Waals surface area contributed by atoms with Gasteiger partial charge in [-0.2, -0.15) is 0 Å². The molecule has 0 unspecified atom stereocenters. The molecule has 0 aliphatic heterocycles. The Morgan fingerprint density at radius 2 is 0.739 bits per heavy atom. The molecule has 46 heavy (non-hydrogen) atoms. The standard InChI is InChI=1S/C32H61N5O9/c1-3-5-7-8-9-12-28(38)34-16-10-14-30(40)36-18-20-43-22-25-46-27-32(42)37-19-21-44-23-24-45-26-31(41)35-17-11-13-29(39)33-15-6-4-2/h3-27H2,1-2H3,(H,33,39)(H,34,38)(H,35,41)(H,36,40)(H,37,42). The Kier molecular flexibility index (Phi) is 31.5. The van der Waals surface area contributed by atoms with Gasteiger partial charge in [-0.25, -0.2) is 0 Å². The van der Waals surface area contributed by atoms with Crippen LogP contribution in [0.1, 0.15) is 90.9 Å². The van der Waals surface area contributed by atoms with Gasteiger partial charge in [-0.3, -0.25) is 24.0 Å². The molecule has 0 saturated heterocycles. The lowest BCUT2D eigenvalue weighted by atomic mass is 10.1. The number of amides is 5. The van der Waals surface area contributed by atoms with Crippen molar-refractivity contribution in [2.75, 3.05) is 85.6 Å². The van der Waals surface area contributed by atoms with Gasteiger partial charge in [0.05, 0.1) is 39.6 Å². The van der Waals surface area contributed by atoms with Gasteiger partial charge < -0.3 is 45.5 Å². The lowest BCUT2D eigenvalue weighted by Gasteiger charge is -2.09. The summed E-state index contributed by atoms with van der Waals surface area (Å²) < 4.78 is 21.3. The monoisotopic (exact) mass is 659 g/mol. The first-order valence-corrected chi connectivity index (χ1v) is 17.0. The maximum Gasteiger partial charge on any atom is 0.246 e. The van der Waals surface area contributed by atoms with Gasteiger partial charge in [0.1, 0.15) is 13.2 Å². The Bertz CT molecular complexity index is 802. The van der Waals surface area contributed by atoms with Crippen molar-refractivity contribution in [1.29, 1.82) is 0 Å². The van der Waals surface area contributed by atoms with E-state index < -0.39 is 0 Å². The van der Waals surface area contributed by atoms with Crippen molar-refractivity contribution < 1.29 is 42.9 Å². The number of carbonyl (C=O) groups excluding carboxylic acids is 5. The van der Waals surface area contributed by atoms with Crippen LogP contribution in [0.25, 0.3) is 0 Å². The molecule has 0 aromatic heterocycles. The minimum Gasteiger partial charge on any atom is -0.377 e. The van der Waals surface area contributed by atoms with Gasteiger partial charge in [-0.1, -0.05) is 46.0 Å². The molecule has 0 atom stereocenters. The van der Waals surface area contributed by atoms with Crippen LogP contribution in [0.3, 0.4) is 0 Å². The zero-order valence-electron chi connectivity index (χ0n) is 28.4. The number of carbonyl (C=O) groups is 5. The molecule has 0 spiro atoms. The van der Waals surface area contributed by atoms with Crippen molar-refractivity contribution in [3.8, 4) is 0 Å². The van der Waals surface area contributed by atoms with E-state index in [0.29, 0.717) is 84.6 Å². The summed E-state index contributed by atoms with van der Waals surface area (Å²) in [6.07, 6.45) is 9.98. The van der Waals surface area contributed by atoms with Crippen LogP contribution in [-0.2, 0) is 42.9 Å². The average molecular weight is 660 g/mol. The van der Waals surface area contributed by atoms with Crippen LogP contribution in [0.5, 0.6) is 0 Å². The van der Waals surface area contributed by atoms with Gasteiger partial charge in [0, 0.05) is 52.0 Å². The predicted molar refractivity (Wildman–Crippen MR) is 175 cm³/mol. The van der Waals surface area contributed by atoms with Crippen molar-refractivity contribution >= 4 is 29.5 Å². The van der Waals surface area contributed by atoms with Crippen molar-refractivity contribution in [2.45, 2.75) is 90.9 Å². The second-order valence-corrected chi connectivity index (χ2v) is 10.8. The highest BCUT2D eigenvalue weighted by Gasteiger charge is 2.06. The Hall–Kier alpha value is -2.81. The minimum atomic E-state index is -0.273. The smallest absolute Gasteiger partial charge is 0.246 e. The second kappa shape index (κ2) is 33.6. The number of hydrogen-bond donors (Lipinski definition) is 5. The van der Waals surface area contributed by atoms with E-state index >= 15 is 0 Å². The Labute approximate surface area is 275 Å². The Morgan fingerprint density at radius 3 is 1.24 bits per heavy atom. The molecular formula is C32H61N5O9. The largest absolute Gasteiger partial charge is 0.377 e. The van der Waals surface area contributed by atoms with E-state index in [9.17, 15) is 24.0 Å². The van der Waals surface area contributed by atoms with Crippen molar-refractivity contribution in [3.05, 3.63) is 0 Å². The van der Waals surface area contributed by atoms with E-state index in [1.807, 2.05) is 0 Å². The lowest BCUT2D eigenvalue weighted by molar-refractivity contribution is -0.127. The van der Waals surface area contributed by atoms with E-state index in [4.69, 9.17) is 18.9 Å². The molecule has 0 aromatic rings. The van der Waals surface area contributed by atoms with Crippen LogP contribution < -0.4 is 26.6 Å². The average Bonchev–Trinajstić information content (AvgIpc) is 3.04. The summed E-state index contributed by atoms with van der Waals surface area (Å²) in [5, 5.41) is 13.8. The molecule has 0 radical (unpaired) electrons. The van der Waals surface area contributed by atoms with Crippen molar-refractivity contribution in [1.82, 2.24) is 26.6 Å². The molecular weight excluding hydrogens is 598 g/mol. The zero-order valence-corrected chi connectivity index (χ0v) is 28.4. The topological polar surface area (TPSA) is 182 Å². The third-order valence-electron chi connectivity index (χ3n) is 6.51. The van der Waals surface area contributed by atoms with Gasteiger partial charge in [0.25, 0.3) is 0 Å². The molecule has 0 bridgehead atoms. The van der Waals surface area contributed by atoms with Crippen LogP contribution >= 0.6 is 0 Å². The minimum absolute atomic E-state index is 0.00408. The SMILES string of the molecule is CCCCCCCC(=O)NCCCC(=O)NCCOCCOCC(=O)NCCOCCOCC(=O)NCCCC(=O)NCCCC. The van der Waals surface area contributed by atoms with Gasteiger partial charge >= 0.3 is 0 Å². The van der Waals surface area contributed by atoms with Crippen LogP contribution in [0.2, 0.25) is 0 Å². The zero-order chi connectivity index (χ0) is 33.9. The van der Waals surface area contributed by atoms with Crippen molar-refractivity contribution in [2.24, 2.45) is 0 Å². The molecule has 5 N–H and O–H groups in total. The molecule has 14 nitrogen and oxygen atoms in total. The fourth-order valence-corrected chi connectivity index (χ4v) is 3.91. The van der Waals surface area contributed by atoms with Crippen LogP contribution in [0, 0.1) is 0 Å². The number of rotatable bonds is 33. The molecule has 0 heterocycles. The summed E-state index contributed by atoms with van der Waals surface area (Å²) in [6, 6.07) is 0. The first-order valence-electron chi connectivity index (χ1n) is 17.0. The van der Waals surface area contributed by atoms with Gasteiger partial charge in [-0.05, 0) is 25.7 Å². The van der Waals surface area contributed by atoms with Gasteiger partial charge in [-0.15, -0.1) is 0 Å². The quantitative estimate of drug-likeness (QED) is 0.0650. The summed E-state index contributed by atoms with van der Waals surface area (Å²) in [7, 11) is 0. The Morgan fingerprint density at radius 1 is 0.370 bits per heavy atom. The molecule has 5 amide bonds. The maximum absolute atomic E-state index is 11.9. The summed E-state index contributed by atoms with van der Waals surface area (Å²) >= 11 is 0. The van der Waals surface area contributed by atoms with E-state index in [2.05, 4.69) is 40.4 Å². The Balaban J connectivity index is 3.41. The molecule has 0 fully saturated rings. The van der Waals surface area contributed by atoms with Crippen LogP contribution in [0.15, 0.2) is 0 Å². The highest BCUT2D eigenvalue weighted by atomic mass is 16.5. The molecule has 0 saturated carbocycles. The lowest BCUT2D eigenvalue weighted by Crippen LogP contribution is -2.32. The van der Waals surface area contributed by atoms with E-state index in [-0.39, 0.29) is 62.6 Å². The van der Waals surface area contributed by atoms with Crippen LogP contribution in [0.4, 0.5) is 0 Å². The molecule has 0 aliphatic carbocycles. The summed E-state index contributed by atoms with van der Waals surface area (Å²) in [5.74, 6) is -0.562. The van der Waals surface area contributed by atoms with E-state index in [1.165, 1.54) is 19.3 Å². The number of hydrogen-bond acceptors (Lipinski definition) is 9. The molecule has 0 aliphatic rings. The molecule has 0 aromatic carbocycles. The van der Waals surface area contributed by atoms with Crippen molar-refractivity contribution in [3.63, 3.8) is 0 Å². The second-order valence-electron chi connectivity index (χ2n) is 10.8. The third-order valence-corrected chi connectivity index (χ3v) is 6.51. The fourth-order valence-electron chi connectivity index (χ4n) is 3.91. The van der Waals surface area contributed by atoms with Crippen LogP contribution in [-0.4, -0.2) is 115 Å². The molecule has 0 rings (SSSR count). The first-order chi connectivity index (χ1) is 22.4. The summed E-state index contributed by atoms with van der Waals surface area (Å²) in [4.78, 5) is 58.7. The first kappa shape index (κ1) is 43.2. The van der Waals surface area contributed by atoms with Gasteiger partial charge in [0.2, 0.25) is 29.5 Å². The highest BCUT2D eigenvalue weighted by molar-refractivity contribution is 5.78. The third kappa shape index (κ3) is 32.6. The fraction of sp³-hybridized carbons (Fsp3) is 0.844. The predicted octanol–water partition coefficient (Wildman–Crippen LogP) is 1.35. The number of ether oxygens (including phenoxy) is 4. The normalized spacial score (nSPS) is 10.7. The molecule has 14 heteroatoms.